The Hall–Kier alpha value is -3.65. The molecule has 162 valence electrons. The molecule has 0 spiro atoms. The minimum Gasteiger partial charge on any atom is -0.466 e. The molecule has 8 nitrogen and oxygen atoms in total. The van der Waals surface area contributed by atoms with Crippen molar-refractivity contribution in [2.45, 2.75) is 13.5 Å². The van der Waals surface area contributed by atoms with E-state index >= 15 is 0 Å². The standard InChI is InChI=1S/C23H25N3O5/c1-15-6-5-7-16(12-15)13-24-21(28)17-8-3-4-9-19(17)25-20-18(23(30)31-2)14-26(10-11-27)22(20)29/h3-9,12,25,27H,10-11,13-14H2,1-2H3,(H,24,28). The first kappa shape index (κ1) is 22.0. The second-order valence-corrected chi connectivity index (χ2v) is 7.14. The summed E-state index contributed by atoms with van der Waals surface area (Å²) in [4.78, 5) is 39.1. The van der Waals surface area contributed by atoms with Crippen molar-refractivity contribution in [3.63, 3.8) is 0 Å². The topological polar surface area (TPSA) is 108 Å². The fourth-order valence-corrected chi connectivity index (χ4v) is 3.37. The molecule has 31 heavy (non-hydrogen) atoms. The average Bonchev–Trinajstić information content (AvgIpc) is 3.07. The first-order valence-electron chi connectivity index (χ1n) is 9.86. The van der Waals surface area contributed by atoms with Gasteiger partial charge >= 0.3 is 5.97 Å². The van der Waals surface area contributed by atoms with E-state index in [0.717, 1.165) is 11.1 Å². The molecule has 2 aromatic rings. The monoisotopic (exact) mass is 423 g/mol. The minimum absolute atomic E-state index is 0.0239. The van der Waals surface area contributed by atoms with E-state index in [9.17, 15) is 19.5 Å². The van der Waals surface area contributed by atoms with E-state index < -0.39 is 11.9 Å². The molecule has 0 atom stereocenters. The summed E-state index contributed by atoms with van der Waals surface area (Å²) in [6.07, 6.45) is 0. The van der Waals surface area contributed by atoms with Crippen LogP contribution in [0.1, 0.15) is 21.5 Å². The van der Waals surface area contributed by atoms with Crippen LogP contribution < -0.4 is 10.6 Å². The number of ether oxygens (including phenoxy) is 1. The Morgan fingerprint density at radius 2 is 1.94 bits per heavy atom. The van der Waals surface area contributed by atoms with E-state index in [1.807, 2.05) is 31.2 Å². The third-order valence-corrected chi connectivity index (χ3v) is 4.92. The Labute approximate surface area is 180 Å². The second kappa shape index (κ2) is 9.90. The molecule has 3 rings (SSSR count). The highest BCUT2D eigenvalue weighted by atomic mass is 16.5. The Kier molecular flexibility index (Phi) is 7.04. The fraction of sp³-hybridized carbons (Fsp3) is 0.261. The van der Waals surface area contributed by atoms with Gasteiger partial charge in [0.1, 0.15) is 5.70 Å². The Morgan fingerprint density at radius 3 is 2.65 bits per heavy atom. The lowest BCUT2D eigenvalue weighted by molar-refractivity contribution is -0.136. The van der Waals surface area contributed by atoms with Crippen LogP contribution in [0, 0.1) is 6.92 Å². The highest BCUT2D eigenvalue weighted by molar-refractivity contribution is 6.09. The number of esters is 1. The molecule has 3 N–H and O–H groups in total. The van der Waals surface area contributed by atoms with Gasteiger partial charge in [0.25, 0.3) is 11.8 Å². The summed E-state index contributed by atoms with van der Waals surface area (Å²) < 4.78 is 4.79. The van der Waals surface area contributed by atoms with Gasteiger partial charge in [0.2, 0.25) is 0 Å². The van der Waals surface area contributed by atoms with Crippen LogP contribution in [-0.2, 0) is 20.9 Å². The molecule has 0 bridgehead atoms. The highest BCUT2D eigenvalue weighted by Gasteiger charge is 2.34. The zero-order valence-corrected chi connectivity index (χ0v) is 17.5. The molecule has 1 heterocycles. The first-order chi connectivity index (χ1) is 14.9. The number of methoxy groups -OCH3 is 1. The molecule has 0 fully saturated rings. The first-order valence-corrected chi connectivity index (χ1v) is 9.86. The molecule has 8 heteroatoms. The number of β-amino-alcohol motifs (C(OH)–C–C–N with tert-alkyl or cyclic N) is 1. The van der Waals surface area contributed by atoms with Gasteiger partial charge in [-0.3, -0.25) is 9.59 Å². The molecular weight excluding hydrogens is 398 g/mol. The average molecular weight is 423 g/mol. The summed E-state index contributed by atoms with van der Waals surface area (Å²) in [5.41, 5.74) is 2.98. The minimum atomic E-state index is -0.641. The third kappa shape index (κ3) is 5.10. The molecule has 1 aliphatic heterocycles. The lowest BCUT2D eigenvalue weighted by Crippen LogP contribution is -2.31. The number of nitrogens with zero attached hydrogens (tertiary/aromatic N) is 1. The number of benzene rings is 2. The van der Waals surface area contributed by atoms with Gasteiger partial charge in [-0.25, -0.2) is 4.79 Å². The van der Waals surface area contributed by atoms with Gasteiger partial charge in [-0.05, 0) is 24.6 Å². The number of aryl methyl sites for hydroxylation is 1. The van der Waals surface area contributed by atoms with Crippen LogP contribution in [0.25, 0.3) is 0 Å². The number of aliphatic hydroxyl groups excluding tert-OH is 1. The molecule has 2 amide bonds. The number of rotatable bonds is 8. The number of hydrogen-bond donors (Lipinski definition) is 3. The molecule has 0 saturated carbocycles. The molecule has 0 radical (unpaired) electrons. The summed E-state index contributed by atoms with van der Waals surface area (Å²) in [5.74, 6) is -1.40. The Balaban J connectivity index is 1.82. The van der Waals surface area contributed by atoms with Crippen molar-refractivity contribution in [1.82, 2.24) is 10.2 Å². The van der Waals surface area contributed by atoms with Gasteiger partial charge < -0.3 is 25.4 Å². The lowest BCUT2D eigenvalue weighted by Gasteiger charge is -2.16. The molecule has 0 aliphatic carbocycles. The molecule has 0 aromatic heterocycles. The molecular formula is C23H25N3O5. The van der Waals surface area contributed by atoms with Gasteiger partial charge in [0.15, 0.2) is 0 Å². The number of anilines is 1. The highest BCUT2D eigenvalue weighted by Crippen LogP contribution is 2.25. The second-order valence-electron chi connectivity index (χ2n) is 7.14. The van der Waals surface area contributed by atoms with E-state index in [0.29, 0.717) is 17.8 Å². The Morgan fingerprint density at radius 1 is 1.16 bits per heavy atom. The number of carbonyl (C=O) groups is 3. The van der Waals surface area contributed by atoms with E-state index in [4.69, 9.17) is 4.74 Å². The van der Waals surface area contributed by atoms with Crippen molar-refractivity contribution in [3.05, 3.63) is 76.5 Å². The number of hydrogen-bond acceptors (Lipinski definition) is 6. The molecule has 0 saturated heterocycles. The summed E-state index contributed by atoms with van der Waals surface area (Å²) >= 11 is 0. The largest absolute Gasteiger partial charge is 0.466 e. The van der Waals surface area contributed by atoms with Crippen molar-refractivity contribution in [2.24, 2.45) is 0 Å². The summed E-state index contributed by atoms with van der Waals surface area (Å²) in [6.45, 7) is 2.22. The molecule has 0 unspecified atom stereocenters. The predicted octanol–water partition coefficient (Wildman–Crippen LogP) is 1.60. The van der Waals surface area contributed by atoms with Crippen LogP contribution in [0.2, 0.25) is 0 Å². The Bertz CT molecular complexity index is 1030. The van der Waals surface area contributed by atoms with Gasteiger partial charge in [0.05, 0.1) is 37.1 Å². The van der Waals surface area contributed by atoms with Crippen molar-refractivity contribution < 1.29 is 24.2 Å². The van der Waals surface area contributed by atoms with E-state index in [-0.39, 0.29) is 36.9 Å². The van der Waals surface area contributed by atoms with Crippen LogP contribution in [0.15, 0.2) is 59.8 Å². The number of amides is 2. The van der Waals surface area contributed by atoms with E-state index in [1.54, 1.807) is 24.3 Å². The quantitative estimate of drug-likeness (QED) is 0.557. The van der Waals surface area contributed by atoms with Crippen LogP contribution in [0.3, 0.4) is 0 Å². The normalized spacial score (nSPS) is 13.4. The van der Waals surface area contributed by atoms with Crippen LogP contribution in [0.5, 0.6) is 0 Å². The van der Waals surface area contributed by atoms with Crippen molar-refractivity contribution in [2.75, 3.05) is 32.1 Å². The zero-order valence-electron chi connectivity index (χ0n) is 17.5. The number of aliphatic hydroxyl groups is 1. The predicted molar refractivity (Wildman–Crippen MR) is 115 cm³/mol. The molecule has 2 aromatic carbocycles. The third-order valence-electron chi connectivity index (χ3n) is 4.92. The van der Waals surface area contributed by atoms with Crippen molar-refractivity contribution in [3.8, 4) is 0 Å². The van der Waals surface area contributed by atoms with Gasteiger partial charge in [-0.15, -0.1) is 0 Å². The van der Waals surface area contributed by atoms with Crippen molar-refractivity contribution in [1.29, 1.82) is 0 Å². The SMILES string of the molecule is COC(=O)C1=C(Nc2ccccc2C(=O)NCc2cccc(C)c2)C(=O)N(CCO)C1. The van der Waals surface area contributed by atoms with Gasteiger partial charge in [-0.2, -0.15) is 0 Å². The lowest BCUT2D eigenvalue weighted by atomic mass is 10.1. The van der Waals surface area contributed by atoms with Crippen molar-refractivity contribution >= 4 is 23.5 Å². The fourth-order valence-electron chi connectivity index (χ4n) is 3.37. The summed E-state index contributed by atoms with van der Waals surface area (Å²) in [5, 5.41) is 15.0. The zero-order chi connectivity index (χ0) is 22.4. The summed E-state index contributed by atoms with van der Waals surface area (Å²) in [7, 11) is 1.23. The maximum absolute atomic E-state index is 12.8. The summed E-state index contributed by atoms with van der Waals surface area (Å²) in [6, 6.07) is 14.6. The number of para-hydroxylation sites is 1. The maximum atomic E-state index is 12.8. The smallest absolute Gasteiger partial charge is 0.337 e. The van der Waals surface area contributed by atoms with Crippen LogP contribution in [0.4, 0.5) is 5.69 Å². The van der Waals surface area contributed by atoms with Gasteiger partial charge in [-0.1, -0.05) is 42.0 Å². The molecule has 1 aliphatic rings. The van der Waals surface area contributed by atoms with Gasteiger partial charge in [0, 0.05) is 13.1 Å². The number of nitrogens with one attached hydrogen (secondary N) is 2. The van der Waals surface area contributed by atoms with E-state index in [2.05, 4.69) is 10.6 Å². The maximum Gasteiger partial charge on any atom is 0.337 e. The van der Waals surface area contributed by atoms with E-state index in [1.165, 1.54) is 12.0 Å². The van der Waals surface area contributed by atoms with Crippen LogP contribution >= 0.6 is 0 Å². The number of carbonyl (C=O) groups excluding carboxylic acids is 3. The van der Waals surface area contributed by atoms with Crippen LogP contribution in [-0.4, -0.2) is 54.6 Å².